The van der Waals surface area contributed by atoms with Crippen molar-refractivity contribution in [2.75, 3.05) is 11.9 Å². The summed E-state index contributed by atoms with van der Waals surface area (Å²) in [6.45, 7) is 4.89. The number of rotatable bonds is 7. The molecule has 0 bridgehead atoms. The van der Waals surface area contributed by atoms with Crippen molar-refractivity contribution in [1.29, 1.82) is 0 Å². The zero-order valence-corrected chi connectivity index (χ0v) is 15.2. The topological polar surface area (TPSA) is 85.4 Å². The summed E-state index contributed by atoms with van der Waals surface area (Å²) in [6, 6.07) is 8.31. The van der Waals surface area contributed by atoms with Crippen LogP contribution >= 0.6 is 0 Å². The highest BCUT2D eigenvalue weighted by molar-refractivity contribution is 5.73. The largest absolute Gasteiger partial charge is 0.463 e. The maximum absolute atomic E-state index is 5.50. The molecule has 1 aliphatic rings. The number of nitrogens with two attached hydrogens (primary N) is 1. The number of hydrogen-bond donors (Lipinski definition) is 2. The molecule has 0 fully saturated rings. The summed E-state index contributed by atoms with van der Waals surface area (Å²) in [4.78, 5) is 13.0. The predicted molar refractivity (Wildman–Crippen MR) is 105 cm³/mol. The summed E-state index contributed by atoms with van der Waals surface area (Å²) >= 11 is 0. The van der Waals surface area contributed by atoms with E-state index in [-0.39, 0.29) is 12.1 Å². The van der Waals surface area contributed by atoms with Crippen LogP contribution in [0, 0.1) is 0 Å². The van der Waals surface area contributed by atoms with E-state index in [0.29, 0.717) is 18.5 Å². The van der Waals surface area contributed by atoms with Crippen LogP contribution in [0.15, 0.2) is 47.7 Å². The molecule has 0 radical (unpaired) electrons. The Balaban J connectivity index is 1.59. The fraction of sp³-hybridized carbons (Fsp3) is 0.350. The van der Waals surface area contributed by atoms with Gasteiger partial charge in [-0.05, 0) is 42.0 Å². The van der Waals surface area contributed by atoms with Crippen LogP contribution in [0.5, 0.6) is 0 Å². The SMILES string of the molecule is CCC(CC)c1cnc(Nc2ccc(C=CC3COC(N)=N3)cc2)nc1. The van der Waals surface area contributed by atoms with E-state index in [9.17, 15) is 0 Å². The van der Waals surface area contributed by atoms with Gasteiger partial charge in [0.1, 0.15) is 12.6 Å². The van der Waals surface area contributed by atoms with Gasteiger partial charge in [0.05, 0.1) is 0 Å². The molecule has 0 saturated carbocycles. The Kier molecular flexibility index (Phi) is 5.84. The van der Waals surface area contributed by atoms with E-state index >= 15 is 0 Å². The second-order valence-corrected chi connectivity index (χ2v) is 6.31. The Bertz CT molecular complexity index is 764. The quantitative estimate of drug-likeness (QED) is 0.791. The highest BCUT2D eigenvalue weighted by Crippen LogP contribution is 2.22. The summed E-state index contributed by atoms with van der Waals surface area (Å²) < 4.78 is 5.13. The zero-order chi connectivity index (χ0) is 18.4. The lowest BCUT2D eigenvalue weighted by molar-refractivity contribution is 0.327. The summed E-state index contributed by atoms with van der Waals surface area (Å²) in [5, 5.41) is 3.23. The minimum Gasteiger partial charge on any atom is -0.463 e. The number of aliphatic imine (C=N–C) groups is 1. The van der Waals surface area contributed by atoms with Crippen molar-refractivity contribution < 1.29 is 4.74 Å². The molecular weight excluding hydrogens is 326 g/mol. The second-order valence-electron chi connectivity index (χ2n) is 6.31. The Morgan fingerprint density at radius 2 is 1.88 bits per heavy atom. The molecule has 1 atom stereocenters. The fourth-order valence-electron chi connectivity index (χ4n) is 2.91. The zero-order valence-electron chi connectivity index (χ0n) is 15.2. The van der Waals surface area contributed by atoms with Crippen LogP contribution in [-0.4, -0.2) is 28.6 Å². The van der Waals surface area contributed by atoms with Crippen LogP contribution in [0.4, 0.5) is 11.6 Å². The van der Waals surface area contributed by atoms with Crippen LogP contribution < -0.4 is 11.1 Å². The fourth-order valence-corrected chi connectivity index (χ4v) is 2.91. The third kappa shape index (κ3) is 4.59. The van der Waals surface area contributed by atoms with Gasteiger partial charge in [0.25, 0.3) is 6.02 Å². The van der Waals surface area contributed by atoms with E-state index in [1.165, 1.54) is 5.56 Å². The standard InChI is InChI=1S/C20H25N5O/c1-3-15(4-2)16-11-22-20(23-12-16)25-17-8-5-14(6-9-17)7-10-18-13-26-19(21)24-18/h5-12,15,18H,3-4,13H2,1-2H3,(H2,21,24)(H,22,23,25). The van der Waals surface area contributed by atoms with Gasteiger partial charge in [0.15, 0.2) is 0 Å². The third-order valence-electron chi connectivity index (χ3n) is 4.50. The maximum atomic E-state index is 5.50. The average Bonchev–Trinajstić information content (AvgIpc) is 3.09. The minimum absolute atomic E-state index is 0.00483. The average molecular weight is 351 g/mol. The molecule has 0 aliphatic carbocycles. The third-order valence-corrected chi connectivity index (χ3v) is 4.50. The van der Waals surface area contributed by atoms with Crippen LogP contribution in [-0.2, 0) is 4.74 Å². The summed E-state index contributed by atoms with van der Waals surface area (Å²) in [5.41, 5.74) is 8.73. The molecule has 26 heavy (non-hydrogen) atoms. The summed E-state index contributed by atoms with van der Waals surface area (Å²) in [6.07, 6.45) is 10.0. The monoisotopic (exact) mass is 351 g/mol. The molecule has 6 nitrogen and oxygen atoms in total. The van der Waals surface area contributed by atoms with E-state index in [4.69, 9.17) is 10.5 Å². The Morgan fingerprint density at radius 1 is 1.19 bits per heavy atom. The lowest BCUT2D eigenvalue weighted by Crippen LogP contribution is -2.10. The summed E-state index contributed by atoms with van der Waals surface area (Å²) in [7, 11) is 0. The van der Waals surface area contributed by atoms with Crippen molar-refractivity contribution in [3.05, 3.63) is 53.9 Å². The molecular formula is C20H25N5O. The van der Waals surface area contributed by atoms with Crippen LogP contribution in [0.2, 0.25) is 0 Å². The number of nitrogens with one attached hydrogen (secondary N) is 1. The van der Waals surface area contributed by atoms with Gasteiger partial charge in [-0.15, -0.1) is 0 Å². The van der Waals surface area contributed by atoms with Gasteiger partial charge in [-0.2, -0.15) is 0 Å². The highest BCUT2D eigenvalue weighted by atomic mass is 16.5. The molecule has 1 aromatic heterocycles. The highest BCUT2D eigenvalue weighted by Gasteiger charge is 2.12. The molecule has 3 rings (SSSR count). The first-order chi connectivity index (χ1) is 12.7. The molecule has 136 valence electrons. The van der Waals surface area contributed by atoms with Gasteiger partial charge >= 0.3 is 0 Å². The van der Waals surface area contributed by atoms with Gasteiger partial charge < -0.3 is 15.8 Å². The van der Waals surface area contributed by atoms with Crippen LogP contribution in [0.1, 0.15) is 43.7 Å². The first-order valence-corrected chi connectivity index (χ1v) is 9.01. The van der Waals surface area contributed by atoms with Gasteiger partial charge in [-0.3, -0.25) is 0 Å². The Morgan fingerprint density at radius 3 is 2.46 bits per heavy atom. The number of amidine groups is 1. The number of aromatic nitrogens is 2. The second kappa shape index (κ2) is 8.47. The van der Waals surface area contributed by atoms with Gasteiger partial charge in [-0.25, -0.2) is 15.0 Å². The van der Waals surface area contributed by atoms with E-state index in [2.05, 4.69) is 34.1 Å². The van der Waals surface area contributed by atoms with Crippen molar-refractivity contribution >= 4 is 23.7 Å². The van der Waals surface area contributed by atoms with Crippen molar-refractivity contribution in [1.82, 2.24) is 9.97 Å². The van der Waals surface area contributed by atoms with E-state index in [0.717, 1.165) is 24.1 Å². The molecule has 6 heteroatoms. The molecule has 2 aromatic rings. The summed E-state index contributed by atoms with van der Waals surface area (Å²) in [5.74, 6) is 1.14. The lowest BCUT2D eigenvalue weighted by Gasteiger charge is -2.12. The molecule has 2 heterocycles. The van der Waals surface area contributed by atoms with Crippen molar-refractivity contribution in [3.8, 4) is 0 Å². The van der Waals surface area contributed by atoms with Crippen molar-refractivity contribution in [3.63, 3.8) is 0 Å². The van der Waals surface area contributed by atoms with Gasteiger partial charge in [0, 0.05) is 18.1 Å². The number of benzene rings is 1. The number of ether oxygens (including phenoxy) is 1. The molecule has 0 saturated heterocycles. The molecule has 0 spiro atoms. The van der Waals surface area contributed by atoms with Crippen molar-refractivity contribution in [2.24, 2.45) is 10.7 Å². The first kappa shape index (κ1) is 17.9. The van der Waals surface area contributed by atoms with Crippen molar-refractivity contribution in [2.45, 2.75) is 38.6 Å². The predicted octanol–water partition coefficient (Wildman–Crippen LogP) is 3.85. The maximum Gasteiger partial charge on any atom is 0.282 e. The number of hydrogen-bond acceptors (Lipinski definition) is 6. The van der Waals surface area contributed by atoms with Crippen LogP contribution in [0.25, 0.3) is 6.08 Å². The van der Waals surface area contributed by atoms with Crippen LogP contribution in [0.3, 0.4) is 0 Å². The van der Waals surface area contributed by atoms with E-state index in [1.54, 1.807) is 0 Å². The molecule has 3 N–H and O–H groups in total. The lowest BCUT2D eigenvalue weighted by atomic mass is 9.97. The Labute approximate surface area is 154 Å². The smallest absolute Gasteiger partial charge is 0.282 e. The molecule has 1 unspecified atom stereocenters. The molecule has 0 amide bonds. The van der Waals surface area contributed by atoms with Gasteiger partial charge in [0.2, 0.25) is 5.95 Å². The van der Waals surface area contributed by atoms with E-state index < -0.39 is 0 Å². The number of anilines is 2. The normalized spacial score (nSPS) is 16.7. The molecule has 1 aromatic carbocycles. The first-order valence-electron chi connectivity index (χ1n) is 9.01. The Hall–Kier alpha value is -2.89. The van der Waals surface area contributed by atoms with Gasteiger partial charge in [-0.1, -0.05) is 38.1 Å². The molecule has 1 aliphatic heterocycles. The van der Waals surface area contributed by atoms with E-state index in [1.807, 2.05) is 48.8 Å². The number of nitrogens with zero attached hydrogens (tertiary/aromatic N) is 3. The minimum atomic E-state index is -0.00483.